The van der Waals surface area contributed by atoms with Crippen molar-refractivity contribution in [1.82, 2.24) is 15.1 Å². The van der Waals surface area contributed by atoms with Gasteiger partial charge in [-0.15, -0.1) is 0 Å². The lowest BCUT2D eigenvalue weighted by Crippen LogP contribution is -2.33. The Morgan fingerprint density at radius 1 is 1.00 bits per heavy atom. The van der Waals surface area contributed by atoms with E-state index in [1.807, 2.05) is 80.9 Å². The van der Waals surface area contributed by atoms with Gasteiger partial charge in [-0.05, 0) is 63.4 Å². The van der Waals surface area contributed by atoms with Gasteiger partial charge in [0.25, 0.3) is 0 Å². The number of carbonyl (C=O) groups excluding carboxylic acids is 1. The molecule has 1 atom stereocenters. The first-order valence-corrected chi connectivity index (χ1v) is 11.9. The van der Waals surface area contributed by atoms with Gasteiger partial charge < -0.3 is 20.1 Å². The van der Waals surface area contributed by atoms with Crippen molar-refractivity contribution < 1.29 is 14.3 Å². The van der Waals surface area contributed by atoms with Gasteiger partial charge >= 0.3 is 0 Å². The molecular weight excluding hydrogens is 428 g/mol. The van der Waals surface area contributed by atoms with Crippen molar-refractivity contribution in [2.75, 3.05) is 25.1 Å². The molecule has 0 aliphatic carbocycles. The van der Waals surface area contributed by atoms with Crippen molar-refractivity contribution in [2.24, 2.45) is 5.92 Å². The molecule has 1 heterocycles. The summed E-state index contributed by atoms with van der Waals surface area (Å²) in [5, 5.41) is 11.1. The Kier molecular flexibility index (Phi) is 8.71. The maximum atomic E-state index is 12.9. The molecule has 0 fully saturated rings. The van der Waals surface area contributed by atoms with Crippen LogP contribution in [-0.4, -0.2) is 35.4 Å². The standard InChI is InChI=1S/C27H36N4O3/c1-7-33-23-15-14-21(16-24(23)34-8-2)26(18(3)4)28-17-25(32)29-27-19(5)30-31(20(27)6)22-12-10-9-11-13-22/h9-16,18,26,28H,7-8,17H2,1-6H3,(H,29,32)/t26-/m1/s1. The second-order valence-electron chi connectivity index (χ2n) is 8.52. The second kappa shape index (κ2) is 11.7. The number of hydrogen-bond donors (Lipinski definition) is 2. The van der Waals surface area contributed by atoms with E-state index >= 15 is 0 Å². The number of hydrogen-bond acceptors (Lipinski definition) is 5. The fourth-order valence-corrected chi connectivity index (χ4v) is 4.03. The van der Waals surface area contributed by atoms with E-state index < -0.39 is 0 Å². The summed E-state index contributed by atoms with van der Waals surface area (Å²) in [6, 6.07) is 15.8. The van der Waals surface area contributed by atoms with Crippen LogP contribution in [0, 0.1) is 19.8 Å². The Balaban J connectivity index is 1.72. The Bertz CT molecular complexity index is 1090. The number of aryl methyl sites for hydroxylation is 1. The van der Waals surface area contributed by atoms with Crippen LogP contribution in [0.15, 0.2) is 48.5 Å². The third-order valence-electron chi connectivity index (χ3n) is 5.63. The predicted octanol–water partition coefficient (Wildman–Crippen LogP) is 5.21. The van der Waals surface area contributed by atoms with Gasteiger partial charge in [0.1, 0.15) is 0 Å². The molecule has 0 bridgehead atoms. The van der Waals surface area contributed by atoms with Gasteiger partial charge in [-0.25, -0.2) is 4.68 Å². The Hall–Kier alpha value is -3.32. The molecule has 1 amide bonds. The maximum absolute atomic E-state index is 12.9. The van der Waals surface area contributed by atoms with Crippen molar-refractivity contribution in [3.63, 3.8) is 0 Å². The molecule has 3 aromatic rings. The summed E-state index contributed by atoms with van der Waals surface area (Å²) in [5.41, 5.74) is 4.44. The van der Waals surface area contributed by atoms with Gasteiger partial charge in [0.2, 0.25) is 5.91 Å². The Morgan fingerprint density at radius 3 is 2.32 bits per heavy atom. The number of nitrogens with zero attached hydrogens (tertiary/aromatic N) is 2. The van der Waals surface area contributed by atoms with E-state index in [2.05, 4.69) is 29.6 Å². The van der Waals surface area contributed by atoms with Crippen LogP contribution >= 0.6 is 0 Å². The lowest BCUT2D eigenvalue weighted by Gasteiger charge is -2.24. The lowest BCUT2D eigenvalue weighted by molar-refractivity contribution is -0.115. The normalized spacial score (nSPS) is 12.0. The summed E-state index contributed by atoms with van der Waals surface area (Å²) in [5.74, 6) is 1.61. The van der Waals surface area contributed by atoms with Crippen LogP contribution < -0.4 is 20.1 Å². The highest BCUT2D eigenvalue weighted by atomic mass is 16.5. The van der Waals surface area contributed by atoms with Crippen LogP contribution in [0.5, 0.6) is 11.5 Å². The molecular formula is C27H36N4O3. The maximum Gasteiger partial charge on any atom is 0.238 e. The smallest absolute Gasteiger partial charge is 0.238 e. The quantitative estimate of drug-likeness (QED) is 0.407. The first-order chi connectivity index (χ1) is 16.3. The van der Waals surface area contributed by atoms with Gasteiger partial charge in [-0.1, -0.05) is 38.1 Å². The van der Waals surface area contributed by atoms with E-state index in [1.54, 1.807) is 0 Å². The molecule has 0 aliphatic rings. The van der Waals surface area contributed by atoms with Gasteiger partial charge in [0.05, 0.1) is 42.5 Å². The largest absolute Gasteiger partial charge is 0.490 e. The van der Waals surface area contributed by atoms with E-state index in [9.17, 15) is 4.79 Å². The molecule has 2 aromatic carbocycles. The zero-order valence-corrected chi connectivity index (χ0v) is 21.0. The van der Waals surface area contributed by atoms with Crippen molar-refractivity contribution in [3.05, 3.63) is 65.5 Å². The zero-order chi connectivity index (χ0) is 24.7. The topological polar surface area (TPSA) is 77.4 Å². The van der Waals surface area contributed by atoms with Gasteiger partial charge in [0.15, 0.2) is 11.5 Å². The first kappa shape index (κ1) is 25.3. The summed E-state index contributed by atoms with van der Waals surface area (Å²) < 4.78 is 13.3. The van der Waals surface area contributed by atoms with Crippen molar-refractivity contribution in [1.29, 1.82) is 0 Å². The SMILES string of the molecule is CCOc1ccc([C@H](NCC(=O)Nc2c(C)nn(-c3ccccc3)c2C)C(C)C)cc1OCC. The Labute approximate surface area is 202 Å². The van der Waals surface area contributed by atoms with Crippen molar-refractivity contribution in [2.45, 2.75) is 47.6 Å². The van der Waals surface area contributed by atoms with E-state index in [0.29, 0.717) is 13.2 Å². The number of amides is 1. The predicted molar refractivity (Wildman–Crippen MR) is 136 cm³/mol. The van der Waals surface area contributed by atoms with E-state index in [0.717, 1.165) is 39.8 Å². The molecule has 0 aliphatic heterocycles. The minimum Gasteiger partial charge on any atom is -0.490 e. The minimum absolute atomic E-state index is 0.0186. The van der Waals surface area contributed by atoms with Gasteiger partial charge in [-0.2, -0.15) is 5.10 Å². The highest BCUT2D eigenvalue weighted by Gasteiger charge is 2.20. The van der Waals surface area contributed by atoms with Crippen LogP contribution in [0.1, 0.15) is 50.7 Å². The minimum atomic E-state index is -0.111. The van der Waals surface area contributed by atoms with Crippen molar-refractivity contribution >= 4 is 11.6 Å². The molecule has 7 nitrogen and oxygen atoms in total. The summed E-state index contributed by atoms with van der Waals surface area (Å²) in [6.07, 6.45) is 0. The highest BCUT2D eigenvalue weighted by molar-refractivity contribution is 5.93. The summed E-state index contributed by atoms with van der Waals surface area (Å²) in [6.45, 7) is 13.3. The number of nitrogens with one attached hydrogen (secondary N) is 2. The Morgan fingerprint density at radius 2 is 1.68 bits per heavy atom. The molecule has 0 saturated carbocycles. The molecule has 34 heavy (non-hydrogen) atoms. The number of rotatable bonds is 11. The molecule has 0 radical (unpaired) electrons. The molecule has 182 valence electrons. The third kappa shape index (κ3) is 5.97. The monoisotopic (exact) mass is 464 g/mol. The van der Waals surface area contributed by atoms with Crippen LogP contribution in [0.2, 0.25) is 0 Å². The number of para-hydroxylation sites is 1. The summed E-state index contributed by atoms with van der Waals surface area (Å²) in [4.78, 5) is 12.9. The van der Waals surface area contributed by atoms with E-state index in [-0.39, 0.29) is 24.4 Å². The first-order valence-electron chi connectivity index (χ1n) is 11.9. The molecule has 2 N–H and O–H groups in total. The third-order valence-corrected chi connectivity index (χ3v) is 5.63. The number of aromatic nitrogens is 2. The van der Waals surface area contributed by atoms with Crippen LogP contribution in [0.4, 0.5) is 5.69 Å². The zero-order valence-electron chi connectivity index (χ0n) is 21.0. The average molecular weight is 465 g/mol. The molecule has 7 heteroatoms. The van der Waals surface area contributed by atoms with Crippen LogP contribution in [0.25, 0.3) is 5.69 Å². The molecule has 0 spiro atoms. The molecule has 1 aromatic heterocycles. The van der Waals surface area contributed by atoms with Gasteiger partial charge in [-0.3, -0.25) is 4.79 Å². The fraction of sp³-hybridized carbons (Fsp3) is 0.407. The van der Waals surface area contributed by atoms with Gasteiger partial charge in [0, 0.05) is 6.04 Å². The molecule has 0 unspecified atom stereocenters. The fourth-order valence-electron chi connectivity index (χ4n) is 4.03. The van der Waals surface area contributed by atoms with Crippen LogP contribution in [0.3, 0.4) is 0 Å². The lowest BCUT2D eigenvalue weighted by atomic mass is 9.95. The average Bonchev–Trinajstić information content (AvgIpc) is 3.09. The van der Waals surface area contributed by atoms with Crippen molar-refractivity contribution in [3.8, 4) is 17.2 Å². The van der Waals surface area contributed by atoms with E-state index in [4.69, 9.17) is 9.47 Å². The number of carbonyl (C=O) groups is 1. The second-order valence-corrected chi connectivity index (χ2v) is 8.52. The van der Waals surface area contributed by atoms with E-state index in [1.165, 1.54) is 0 Å². The number of anilines is 1. The van der Waals surface area contributed by atoms with Crippen LogP contribution in [-0.2, 0) is 4.79 Å². The highest BCUT2D eigenvalue weighted by Crippen LogP contribution is 2.33. The molecule has 3 rings (SSSR count). The number of benzene rings is 2. The molecule has 0 saturated heterocycles. The summed E-state index contributed by atoms with van der Waals surface area (Å²) >= 11 is 0. The summed E-state index contributed by atoms with van der Waals surface area (Å²) in [7, 11) is 0. The number of ether oxygens (including phenoxy) is 2.